The van der Waals surface area contributed by atoms with Gasteiger partial charge in [0.05, 0.1) is 11.9 Å². The first-order chi connectivity index (χ1) is 9.85. The molecule has 0 saturated heterocycles. The predicted molar refractivity (Wildman–Crippen MR) is 83.7 cm³/mol. The van der Waals surface area contributed by atoms with Crippen LogP contribution < -0.4 is 5.32 Å². The van der Waals surface area contributed by atoms with Gasteiger partial charge in [-0.2, -0.15) is 0 Å². The zero-order valence-corrected chi connectivity index (χ0v) is 13.0. The van der Waals surface area contributed by atoms with E-state index in [-0.39, 0.29) is 0 Å². The summed E-state index contributed by atoms with van der Waals surface area (Å²) in [6.07, 6.45) is 9.78. The van der Waals surface area contributed by atoms with Crippen LogP contribution >= 0.6 is 11.3 Å². The second-order valence-electron chi connectivity index (χ2n) is 4.76. The summed E-state index contributed by atoms with van der Waals surface area (Å²) < 4.78 is 0. The first kappa shape index (κ1) is 15.1. The van der Waals surface area contributed by atoms with E-state index in [0.717, 1.165) is 36.6 Å². The molecule has 5 heteroatoms. The lowest BCUT2D eigenvalue weighted by atomic mass is 10.2. The van der Waals surface area contributed by atoms with Crippen molar-refractivity contribution in [1.82, 2.24) is 20.3 Å². The van der Waals surface area contributed by atoms with E-state index in [1.165, 1.54) is 23.4 Å². The molecule has 4 nitrogen and oxygen atoms in total. The number of aryl methyl sites for hydroxylation is 1. The summed E-state index contributed by atoms with van der Waals surface area (Å²) in [7, 11) is 0. The van der Waals surface area contributed by atoms with Gasteiger partial charge in [0.2, 0.25) is 0 Å². The van der Waals surface area contributed by atoms with Crippen molar-refractivity contribution >= 4 is 11.3 Å². The minimum atomic E-state index is 0.870. The van der Waals surface area contributed by atoms with Gasteiger partial charge in [-0.3, -0.25) is 9.97 Å². The molecule has 108 valence electrons. The van der Waals surface area contributed by atoms with Crippen molar-refractivity contribution in [2.45, 2.75) is 46.1 Å². The summed E-state index contributed by atoms with van der Waals surface area (Å²) in [5.74, 6) is 0. The average Bonchev–Trinajstić information content (AvgIpc) is 2.88. The van der Waals surface area contributed by atoms with Gasteiger partial charge in [0.25, 0.3) is 0 Å². The standard InChI is InChI=1S/C15H22N4S/c1-3-5-7-16-11-14-12(6-4-2)19-15(20-14)13-10-17-8-9-18-13/h8-10,16H,3-7,11H2,1-2H3. The van der Waals surface area contributed by atoms with Crippen LogP contribution in [0, 0.1) is 0 Å². The van der Waals surface area contributed by atoms with Crippen LogP contribution in [-0.4, -0.2) is 21.5 Å². The van der Waals surface area contributed by atoms with Gasteiger partial charge in [0.1, 0.15) is 10.7 Å². The molecule has 0 radical (unpaired) electrons. The van der Waals surface area contributed by atoms with Crippen molar-refractivity contribution in [3.8, 4) is 10.7 Å². The number of rotatable bonds is 8. The number of hydrogen-bond acceptors (Lipinski definition) is 5. The van der Waals surface area contributed by atoms with Crippen LogP contribution in [0.4, 0.5) is 0 Å². The van der Waals surface area contributed by atoms with E-state index < -0.39 is 0 Å². The molecule has 20 heavy (non-hydrogen) atoms. The van der Waals surface area contributed by atoms with E-state index in [1.54, 1.807) is 29.9 Å². The van der Waals surface area contributed by atoms with Crippen molar-refractivity contribution in [3.63, 3.8) is 0 Å². The molecule has 0 aromatic carbocycles. The summed E-state index contributed by atoms with van der Waals surface area (Å²) in [6.45, 7) is 6.38. The van der Waals surface area contributed by atoms with E-state index in [0.29, 0.717) is 0 Å². The molecule has 2 rings (SSSR count). The molecule has 0 aliphatic heterocycles. The third-order valence-corrected chi connectivity index (χ3v) is 4.16. The molecular formula is C15H22N4S. The maximum Gasteiger partial charge on any atom is 0.144 e. The highest BCUT2D eigenvalue weighted by Crippen LogP contribution is 2.27. The molecule has 1 N–H and O–H groups in total. The van der Waals surface area contributed by atoms with Gasteiger partial charge in [0.15, 0.2) is 0 Å². The molecule has 2 aromatic rings. The quantitative estimate of drug-likeness (QED) is 0.757. The maximum atomic E-state index is 4.75. The number of aromatic nitrogens is 3. The minimum absolute atomic E-state index is 0.870. The van der Waals surface area contributed by atoms with E-state index in [1.807, 2.05) is 0 Å². The molecule has 0 unspecified atom stereocenters. The summed E-state index contributed by atoms with van der Waals surface area (Å²) in [5, 5.41) is 4.48. The van der Waals surface area contributed by atoms with E-state index in [9.17, 15) is 0 Å². The number of unbranched alkanes of at least 4 members (excludes halogenated alkanes) is 1. The number of nitrogens with one attached hydrogen (secondary N) is 1. The third-order valence-electron chi connectivity index (χ3n) is 3.04. The third kappa shape index (κ3) is 4.08. The fourth-order valence-electron chi connectivity index (χ4n) is 1.98. The second-order valence-corrected chi connectivity index (χ2v) is 5.84. The fourth-order valence-corrected chi connectivity index (χ4v) is 3.02. The maximum absolute atomic E-state index is 4.75. The molecule has 0 aliphatic rings. The highest BCUT2D eigenvalue weighted by Gasteiger charge is 2.12. The number of thiazole rings is 1. The Kier molecular flexibility index (Phi) is 6.08. The smallest absolute Gasteiger partial charge is 0.144 e. The van der Waals surface area contributed by atoms with Crippen molar-refractivity contribution in [2.24, 2.45) is 0 Å². The Morgan fingerprint density at radius 1 is 1.20 bits per heavy atom. The van der Waals surface area contributed by atoms with Crippen molar-refractivity contribution in [2.75, 3.05) is 6.54 Å². The number of nitrogens with zero attached hydrogens (tertiary/aromatic N) is 3. The molecule has 0 bridgehead atoms. The summed E-state index contributed by atoms with van der Waals surface area (Å²) in [5.41, 5.74) is 2.08. The molecule has 2 aromatic heterocycles. The van der Waals surface area contributed by atoms with Crippen molar-refractivity contribution in [1.29, 1.82) is 0 Å². The van der Waals surface area contributed by atoms with Crippen LogP contribution in [0.3, 0.4) is 0 Å². The van der Waals surface area contributed by atoms with Crippen LogP contribution in [0.1, 0.15) is 43.7 Å². The van der Waals surface area contributed by atoms with Crippen LogP contribution in [0.15, 0.2) is 18.6 Å². The lowest BCUT2D eigenvalue weighted by molar-refractivity contribution is 0.641. The summed E-state index contributed by atoms with van der Waals surface area (Å²) in [4.78, 5) is 14.5. The van der Waals surface area contributed by atoms with Crippen molar-refractivity contribution < 1.29 is 0 Å². The van der Waals surface area contributed by atoms with Gasteiger partial charge in [0, 0.05) is 23.8 Å². The molecule has 0 spiro atoms. The molecule has 0 aliphatic carbocycles. The first-order valence-corrected chi connectivity index (χ1v) is 8.12. The highest BCUT2D eigenvalue weighted by molar-refractivity contribution is 7.15. The SMILES string of the molecule is CCCCNCc1sc(-c2cnccn2)nc1CCC. The monoisotopic (exact) mass is 290 g/mol. The van der Waals surface area contributed by atoms with Gasteiger partial charge in [-0.25, -0.2) is 4.98 Å². The van der Waals surface area contributed by atoms with Crippen LogP contribution in [0.5, 0.6) is 0 Å². The molecule has 0 saturated carbocycles. The van der Waals surface area contributed by atoms with E-state index in [4.69, 9.17) is 4.98 Å². The predicted octanol–water partition coefficient (Wildman–Crippen LogP) is 3.44. The fraction of sp³-hybridized carbons (Fsp3) is 0.533. The first-order valence-electron chi connectivity index (χ1n) is 7.30. The minimum Gasteiger partial charge on any atom is -0.312 e. The van der Waals surface area contributed by atoms with Gasteiger partial charge < -0.3 is 5.32 Å². The number of hydrogen-bond donors (Lipinski definition) is 1. The summed E-state index contributed by atoms with van der Waals surface area (Å²) in [6, 6.07) is 0. The lowest BCUT2D eigenvalue weighted by Crippen LogP contribution is -2.14. The largest absolute Gasteiger partial charge is 0.312 e. The summed E-state index contributed by atoms with van der Waals surface area (Å²) >= 11 is 1.73. The molecule has 0 atom stereocenters. The normalized spacial score (nSPS) is 10.9. The van der Waals surface area contributed by atoms with E-state index in [2.05, 4.69) is 29.1 Å². The van der Waals surface area contributed by atoms with Crippen LogP contribution in [0.2, 0.25) is 0 Å². The van der Waals surface area contributed by atoms with Gasteiger partial charge in [-0.05, 0) is 19.4 Å². The molecule has 0 amide bonds. The van der Waals surface area contributed by atoms with Gasteiger partial charge in [-0.1, -0.05) is 26.7 Å². The highest BCUT2D eigenvalue weighted by atomic mass is 32.1. The Balaban J connectivity index is 2.11. The Morgan fingerprint density at radius 3 is 2.80 bits per heavy atom. The van der Waals surface area contributed by atoms with Crippen molar-refractivity contribution in [3.05, 3.63) is 29.2 Å². The van der Waals surface area contributed by atoms with Gasteiger partial charge >= 0.3 is 0 Å². The second kappa shape index (κ2) is 8.07. The molecule has 0 fully saturated rings. The Morgan fingerprint density at radius 2 is 2.10 bits per heavy atom. The lowest BCUT2D eigenvalue weighted by Gasteiger charge is -2.03. The Hall–Kier alpha value is -1.33. The Bertz CT molecular complexity index is 510. The topological polar surface area (TPSA) is 50.7 Å². The average molecular weight is 290 g/mol. The van der Waals surface area contributed by atoms with Crippen LogP contribution in [-0.2, 0) is 13.0 Å². The zero-order valence-electron chi connectivity index (χ0n) is 12.2. The Labute approximate surface area is 124 Å². The molecule has 2 heterocycles. The van der Waals surface area contributed by atoms with Gasteiger partial charge in [-0.15, -0.1) is 11.3 Å². The molecular weight excluding hydrogens is 268 g/mol. The zero-order chi connectivity index (χ0) is 14.2. The van der Waals surface area contributed by atoms with Crippen LogP contribution in [0.25, 0.3) is 10.7 Å². The van der Waals surface area contributed by atoms with E-state index >= 15 is 0 Å².